The zero-order valence-corrected chi connectivity index (χ0v) is 17.8. The second-order valence-corrected chi connectivity index (χ2v) is 7.59. The van der Waals surface area contributed by atoms with Gasteiger partial charge < -0.3 is 10.6 Å². The fourth-order valence-electron chi connectivity index (χ4n) is 2.69. The minimum absolute atomic E-state index is 0.435. The van der Waals surface area contributed by atoms with Crippen molar-refractivity contribution < 1.29 is 0 Å². The largest absolute Gasteiger partial charge is 0.331 e. The summed E-state index contributed by atoms with van der Waals surface area (Å²) in [6, 6.07) is 12.9. The Bertz CT molecular complexity index is 980. The molecular formula is C19H17Cl3N4S. The number of anilines is 2. The zero-order chi connectivity index (χ0) is 19.6. The number of aryl methyl sites for hydroxylation is 1. The molecule has 4 nitrogen and oxygen atoms in total. The maximum atomic E-state index is 6.28. The number of nitrogens with one attached hydrogen (secondary N) is 2. The third kappa shape index (κ3) is 4.55. The molecule has 1 aromatic heterocycles. The summed E-state index contributed by atoms with van der Waals surface area (Å²) in [7, 11) is 0. The molecule has 2 aromatic carbocycles. The van der Waals surface area contributed by atoms with Crippen LogP contribution in [0.4, 0.5) is 11.4 Å². The molecule has 8 heteroatoms. The molecule has 3 rings (SSSR count). The first-order valence-corrected chi connectivity index (χ1v) is 9.70. The summed E-state index contributed by atoms with van der Waals surface area (Å²) in [6.45, 7) is 4.35. The van der Waals surface area contributed by atoms with E-state index in [2.05, 4.69) is 15.7 Å². The molecule has 0 bridgehead atoms. The molecule has 0 fully saturated rings. The van der Waals surface area contributed by atoms with Crippen molar-refractivity contribution in [1.82, 2.24) is 9.78 Å². The molecule has 3 aromatic rings. The minimum Gasteiger partial charge on any atom is -0.331 e. The first kappa shape index (κ1) is 20.0. The monoisotopic (exact) mass is 438 g/mol. The summed E-state index contributed by atoms with van der Waals surface area (Å²) in [5, 5.41) is 13.1. The number of aromatic nitrogens is 2. The summed E-state index contributed by atoms with van der Waals surface area (Å²) < 4.78 is 1.85. The van der Waals surface area contributed by atoms with Gasteiger partial charge in [0.15, 0.2) is 5.11 Å². The van der Waals surface area contributed by atoms with Gasteiger partial charge in [0.25, 0.3) is 0 Å². The van der Waals surface area contributed by atoms with Gasteiger partial charge in [0.05, 0.1) is 34.3 Å². The fourth-order valence-corrected chi connectivity index (χ4v) is 3.61. The van der Waals surface area contributed by atoms with Crippen molar-refractivity contribution in [3.63, 3.8) is 0 Å². The van der Waals surface area contributed by atoms with Crippen molar-refractivity contribution in [2.24, 2.45) is 0 Å². The van der Waals surface area contributed by atoms with Crippen LogP contribution in [0, 0.1) is 13.8 Å². The fraction of sp³-hybridized carbons (Fsp3) is 0.158. The molecule has 0 aliphatic carbocycles. The van der Waals surface area contributed by atoms with Crippen LogP contribution < -0.4 is 10.6 Å². The Morgan fingerprint density at radius 3 is 2.26 bits per heavy atom. The van der Waals surface area contributed by atoms with Crippen LogP contribution in [-0.4, -0.2) is 14.9 Å². The normalized spacial score (nSPS) is 10.7. The van der Waals surface area contributed by atoms with Gasteiger partial charge in [-0.2, -0.15) is 5.10 Å². The Morgan fingerprint density at radius 2 is 1.59 bits per heavy atom. The number of hydrogen-bond donors (Lipinski definition) is 2. The number of hydrogen-bond acceptors (Lipinski definition) is 2. The molecular weight excluding hydrogens is 423 g/mol. The van der Waals surface area contributed by atoms with E-state index < -0.39 is 0 Å². The van der Waals surface area contributed by atoms with Crippen molar-refractivity contribution in [2.75, 3.05) is 10.6 Å². The van der Waals surface area contributed by atoms with E-state index in [0.29, 0.717) is 26.7 Å². The molecule has 27 heavy (non-hydrogen) atoms. The molecule has 0 aliphatic rings. The van der Waals surface area contributed by atoms with Crippen LogP contribution in [0.2, 0.25) is 15.1 Å². The van der Waals surface area contributed by atoms with Crippen molar-refractivity contribution in [3.8, 4) is 0 Å². The van der Waals surface area contributed by atoms with Gasteiger partial charge in [0.2, 0.25) is 0 Å². The molecule has 0 radical (unpaired) electrons. The van der Waals surface area contributed by atoms with Gasteiger partial charge in [0, 0.05) is 15.6 Å². The maximum absolute atomic E-state index is 6.28. The smallest absolute Gasteiger partial charge is 0.175 e. The lowest BCUT2D eigenvalue weighted by Gasteiger charge is -2.12. The number of halogens is 3. The van der Waals surface area contributed by atoms with Crippen LogP contribution in [0.25, 0.3) is 0 Å². The van der Waals surface area contributed by atoms with E-state index >= 15 is 0 Å². The molecule has 2 N–H and O–H groups in total. The van der Waals surface area contributed by atoms with E-state index in [9.17, 15) is 0 Å². The molecule has 0 saturated heterocycles. The van der Waals surface area contributed by atoms with Crippen molar-refractivity contribution in [3.05, 3.63) is 74.5 Å². The lowest BCUT2D eigenvalue weighted by molar-refractivity contribution is 0.659. The van der Waals surface area contributed by atoms with Crippen molar-refractivity contribution in [2.45, 2.75) is 20.4 Å². The van der Waals surface area contributed by atoms with Gasteiger partial charge in [0.1, 0.15) is 0 Å². The Kier molecular flexibility index (Phi) is 6.27. The lowest BCUT2D eigenvalue weighted by Crippen LogP contribution is -2.20. The highest BCUT2D eigenvalue weighted by Crippen LogP contribution is 2.28. The van der Waals surface area contributed by atoms with Gasteiger partial charge in [-0.3, -0.25) is 4.68 Å². The number of benzene rings is 2. The van der Waals surface area contributed by atoms with Crippen LogP contribution in [0.1, 0.15) is 17.0 Å². The summed E-state index contributed by atoms with van der Waals surface area (Å²) in [4.78, 5) is 0. The number of nitrogens with zero attached hydrogens (tertiary/aromatic N) is 2. The second kappa shape index (κ2) is 8.48. The molecule has 0 saturated carbocycles. The summed E-state index contributed by atoms with van der Waals surface area (Å²) >= 11 is 24.2. The number of thiocarbonyl (C=S) groups is 1. The van der Waals surface area contributed by atoms with Gasteiger partial charge in [-0.1, -0.05) is 53.0 Å². The number of rotatable bonds is 4. The maximum Gasteiger partial charge on any atom is 0.175 e. The molecule has 1 heterocycles. The Labute approximate surface area is 178 Å². The van der Waals surface area contributed by atoms with Gasteiger partial charge >= 0.3 is 0 Å². The first-order valence-electron chi connectivity index (χ1n) is 8.16. The van der Waals surface area contributed by atoms with Gasteiger partial charge in [-0.15, -0.1) is 0 Å². The highest BCUT2D eigenvalue weighted by atomic mass is 35.5. The van der Waals surface area contributed by atoms with Crippen molar-refractivity contribution in [1.29, 1.82) is 0 Å². The second-order valence-electron chi connectivity index (χ2n) is 5.96. The van der Waals surface area contributed by atoms with E-state index in [4.69, 9.17) is 47.0 Å². The van der Waals surface area contributed by atoms with E-state index in [-0.39, 0.29) is 0 Å². The zero-order valence-electron chi connectivity index (χ0n) is 14.7. The van der Waals surface area contributed by atoms with Crippen LogP contribution >= 0.6 is 47.0 Å². The molecule has 0 aliphatic heterocycles. The average Bonchev–Trinajstić information content (AvgIpc) is 2.88. The quantitative estimate of drug-likeness (QED) is 0.467. The van der Waals surface area contributed by atoms with Crippen LogP contribution in [0.5, 0.6) is 0 Å². The Hall–Kier alpha value is -1.79. The van der Waals surface area contributed by atoms with Crippen LogP contribution in [0.3, 0.4) is 0 Å². The predicted molar refractivity (Wildman–Crippen MR) is 119 cm³/mol. The van der Waals surface area contributed by atoms with Crippen LogP contribution in [-0.2, 0) is 6.54 Å². The molecule has 140 valence electrons. The third-order valence-electron chi connectivity index (χ3n) is 4.11. The molecule has 0 spiro atoms. The molecule has 0 amide bonds. The Morgan fingerprint density at radius 1 is 0.963 bits per heavy atom. The van der Waals surface area contributed by atoms with E-state index in [1.165, 1.54) is 0 Å². The molecule has 0 unspecified atom stereocenters. The number of para-hydroxylation sites is 1. The average molecular weight is 440 g/mol. The lowest BCUT2D eigenvalue weighted by atomic mass is 10.2. The molecule has 0 atom stereocenters. The minimum atomic E-state index is 0.435. The van der Waals surface area contributed by atoms with E-state index in [0.717, 1.165) is 28.3 Å². The van der Waals surface area contributed by atoms with Crippen LogP contribution in [0.15, 0.2) is 42.5 Å². The highest BCUT2D eigenvalue weighted by Gasteiger charge is 2.15. The standard InChI is InChI=1S/C19H17Cl3N4S/c1-11-18(24-19(27)23-17-9-4-3-6-16(17)22)12(2)26(25-11)10-13-14(20)7-5-8-15(13)21/h3-9H,10H2,1-2H3,(H2,23,24,27). The topological polar surface area (TPSA) is 41.9 Å². The first-order chi connectivity index (χ1) is 12.9. The Balaban J connectivity index is 1.80. The summed E-state index contributed by atoms with van der Waals surface area (Å²) in [6.07, 6.45) is 0. The van der Waals surface area contributed by atoms with Gasteiger partial charge in [-0.25, -0.2) is 0 Å². The SMILES string of the molecule is Cc1nn(Cc2c(Cl)cccc2Cl)c(C)c1NC(=S)Nc1ccccc1Cl. The predicted octanol–water partition coefficient (Wildman–Crippen LogP) is 6.32. The van der Waals surface area contributed by atoms with Crippen molar-refractivity contribution >= 4 is 63.5 Å². The van der Waals surface area contributed by atoms with E-state index in [1.54, 1.807) is 6.07 Å². The third-order valence-corrected chi connectivity index (χ3v) is 5.35. The summed E-state index contributed by atoms with van der Waals surface area (Å²) in [5.74, 6) is 0. The van der Waals surface area contributed by atoms with E-state index in [1.807, 2.05) is 54.9 Å². The summed E-state index contributed by atoms with van der Waals surface area (Å²) in [5.41, 5.74) is 4.14. The highest BCUT2D eigenvalue weighted by molar-refractivity contribution is 7.80. The van der Waals surface area contributed by atoms with Gasteiger partial charge in [-0.05, 0) is 50.3 Å².